The first kappa shape index (κ1) is 16.4. The molecule has 0 aromatic carbocycles. The second kappa shape index (κ2) is 9.42. The van der Waals surface area contributed by atoms with Crippen LogP contribution in [-0.2, 0) is 9.53 Å². The van der Waals surface area contributed by atoms with Gasteiger partial charge in [0.2, 0.25) is 0 Å². The lowest BCUT2D eigenvalue weighted by atomic mass is 10.1. The van der Waals surface area contributed by atoms with E-state index in [-0.39, 0.29) is 12.1 Å². The highest BCUT2D eigenvalue weighted by molar-refractivity contribution is 5.69. The Kier molecular flexibility index (Phi) is 9.09. The topological polar surface area (TPSA) is 49.8 Å². The second-order valence-corrected chi connectivity index (χ2v) is 4.72. The Morgan fingerprint density at radius 3 is 2.41 bits per heavy atom. The SMILES string of the molecule is CCCCCC(=O)O[C@@H](CC)[C@@H](O)CN(C)C. The highest BCUT2D eigenvalue weighted by atomic mass is 16.6. The molecular weight excluding hydrogens is 218 g/mol. The lowest BCUT2D eigenvalue weighted by Gasteiger charge is -2.24. The molecule has 0 aliphatic carbocycles. The number of hydrogen-bond acceptors (Lipinski definition) is 4. The molecule has 4 heteroatoms. The monoisotopic (exact) mass is 245 g/mol. The number of nitrogens with zero attached hydrogens (tertiary/aromatic N) is 1. The van der Waals surface area contributed by atoms with Gasteiger partial charge in [0.15, 0.2) is 0 Å². The molecule has 2 atom stereocenters. The molecule has 1 N–H and O–H groups in total. The molecule has 0 unspecified atom stereocenters. The van der Waals surface area contributed by atoms with Gasteiger partial charge in [-0.05, 0) is 26.9 Å². The number of aliphatic hydroxyl groups is 1. The first-order valence-corrected chi connectivity index (χ1v) is 6.53. The smallest absolute Gasteiger partial charge is 0.306 e. The molecule has 0 rings (SSSR count). The molecule has 0 aliphatic heterocycles. The minimum absolute atomic E-state index is 0.192. The van der Waals surface area contributed by atoms with Crippen LogP contribution in [0, 0.1) is 0 Å². The van der Waals surface area contributed by atoms with Gasteiger partial charge in [-0.1, -0.05) is 26.7 Å². The summed E-state index contributed by atoms with van der Waals surface area (Å²) >= 11 is 0. The fourth-order valence-corrected chi connectivity index (χ4v) is 1.67. The van der Waals surface area contributed by atoms with Crippen molar-refractivity contribution < 1.29 is 14.6 Å². The summed E-state index contributed by atoms with van der Waals surface area (Å²) < 4.78 is 5.29. The number of carbonyl (C=O) groups is 1. The van der Waals surface area contributed by atoms with Crippen LogP contribution in [0.5, 0.6) is 0 Å². The van der Waals surface area contributed by atoms with E-state index in [9.17, 15) is 9.90 Å². The lowest BCUT2D eigenvalue weighted by Crippen LogP contribution is -2.38. The standard InChI is InChI=1S/C13H27NO3/c1-5-7-8-9-13(16)17-12(6-2)11(15)10-14(3)4/h11-12,15H,5-10H2,1-4H3/t11-,12-/m0/s1. The van der Waals surface area contributed by atoms with E-state index in [1.165, 1.54) is 0 Å². The van der Waals surface area contributed by atoms with Gasteiger partial charge >= 0.3 is 5.97 Å². The van der Waals surface area contributed by atoms with Crippen LogP contribution in [0.1, 0.15) is 46.0 Å². The summed E-state index contributed by atoms with van der Waals surface area (Å²) in [4.78, 5) is 13.4. The van der Waals surface area contributed by atoms with E-state index in [1.54, 1.807) is 0 Å². The Morgan fingerprint density at radius 1 is 1.29 bits per heavy atom. The average Bonchev–Trinajstić information content (AvgIpc) is 2.25. The van der Waals surface area contributed by atoms with E-state index in [2.05, 4.69) is 6.92 Å². The Labute approximate surface area is 105 Å². The van der Waals surface area contributed by atoms with E-state index in [4.69, 9.17) is 4.74 Å². The third kappa shape index (κ3) is 8.16. The van der Waals surface area contributed by atoms with E-state index in [1.807, 2.05) is 25.9 Å². The van der Waals surface area contributed by atoms with E-state index >= 15 is 0 Å². The normalized spacial score (nSPS) is 14.7. The Bertz CT molecular complexity index is 207. The summed E-state index contributed by atoms with van der Waals surface area (Å²) in [5, 5.41) is 9.88. The third-order valence-corrected chi connectivity index (χ3v) is 2.65. The summed E-state index contributed by atoms with van der Waals surface area (Å²) in [6.45, 7) is 4.53. The summed E-state index contributed by atoms with van der Waals surface area (Å²) in [6.07, 6.45) is 3.12. The predicted octanol–water partition coefficient (Wildman–Crippen LogP) is 1.81. The summed E-state index contributed by atoms with van der Waals surface area (Å²) in [5.74, 6) is -0.192. The zero-order valence-corrected chi connectivity index (χ0v) is 11.6. The van der Waals surface area contributed by atoms with Gasteiger partial charge in [0, 0.05) is 13.0 Å². The molecule has 0 bridgehead atoms. The van der Waals surface area contributed by atoms with Crippen molar-refractivity contribution in [2.75, 3.05) is 20.6 Å². The van der Waals surface area contributed by atoms with Crippen molar-refractivity contribution in [3.8, 4) is 0 Å². The summed E-state index contributed by atoms with van der Waals surface area (Å²) in [5.41, 5.74) is 0. The first-order chi connectivity index (χ1) is 8.01. The van der Waals surface area contributed by atoms with Gasteiger partial charge < -0.3 is 14.7 Å². The van der Waals surface area contributed by atoms with Gasteiger partial charge in [-0.3, -0.25) is 4.79 Å². The summed E-state index contributed by atoms with van der Waals surface area (Å²) in [7, 11) is 3.78. The van der Waals surface area contributed by atoms with Crippen molar-refractivity contribution in [3.63, 3.8) is 0 Å². The molecular formula is C13H27NO3. The number of rotatable bonds is 9. The van der Waals surface area contributed by atoms with Gasteiger partial charge in [0.05, 0.1) is 0 Å². The van der Waals surface area contributed by atoms with Crippen molar-refractivity contribution in [1.29, 1.82) is 0 Å². The minimum Gasteiger partial charge on any atom is -0.460 e. The number of ether oxygens (including phenoxy) is 1. The van der Waals surface area contributed by atoms with Crippen LogP contribution in [0.2, 0.25) is 0 Å². The molecule has 0 amide bonds. The van der Waals surface area contributed by atoms with Crippen LogP contribution in [0.25, 0.3) is 0 Å². The molecule has 102 valence electrons. The first-order valence-electron chi connectivity index (χ1n) is 6.53. The molecule has 0 fully saturated rings. The van der Waals surface area contributed by atoms with Crippen LogP contribution < -0.4 is 0 Å². The van der Waals surface area contributed by atoms with Crippen molar-refractivity contribution in [2.45, 2.75) is 58.2 Å². The molecule has 0 aromatic rings. The van der Waals surface area contributed by atoms with Crippen LogP contribution in [0.15, 0.2) is 0 Å². The number of likely N-dealkylation sites (N-methyl/N-ethyl adjacent to an activating group) is 1. The van der Waals surface area contributed by atoms with Crippen LogP contribution in [0.4, 0.5) is 0 Å². The summed E-state index contributed by atoms with van der Waals surface area (Å²) in [6, 6.07) is 0. The molecule has 0 aromatic heterocycles. The molecule has 17 heavy (non-hydrogen) atoms. The highest BCUT2D eigenvalue weighted by Crippen LogP contribution is 2.09. The van der Waals surface area contributed by atoms with Crippen molar-refractivity contribution in [3.05, 3.63) is 0 Å². The third-order valence-electron chi connectivity index (χ3n) is 2.65. The van der Waals surface area contributed by atoms with E-state index < -0.39 is 6.10 Å². The van der Waals surface area contributed by atoms with E-state index in [0.717, 1.165) is 19.3 Å². The number of esters is 1. The molecule has 0 heterocycles. The van der Waals surface area contributed by atoms with Crippen molar-refractivity contribution in [1.82, 2.24) is 4.90 Å². The molecule has 0 radical (unpaired) electrons. The molecule has 0 saturated heterocycles. The number of aliphatic hydroxyl groups excluding tert-OH is 1. The maximum absolute atomic E-state index is 11.5. The largest absolute Gasteiger partial charge is 0.460 e. The fraction of sp³-hybridized carbons (Fsp3) is 0.923. The van der Waals surface area contributed by atoms with Gasteiger partial charge in [0.1, 0.15) is 12.2 Å². The highest BCUT2D eigenvalue weighted by Gasteiger charge is 2.21. The molecule has 0 aliphatic rings. The maximum Gasteiger partial charge on any atom is 0.306 e. The van der Waals surface area contributed by atoms with Gasteiger partial charge in [-0.2, -0.15) is 0 Å². The molecule has 0 saturated carbocycles. The fourth-order valence-electron chi connectivity index (χ4n) is 1.67. The number of hydrogen-bond donors (Lipinski definition) is 1. The average molecular weight is 245 g/mol. The number of carbonyl (C=O) groups excluding carboxylic acids is 1. The molecule has 4 nitrogen and oxygen atoms in total. The van der Waals surface area contributed by atoms with Crippen molar-refractivity contribution >= 4 is 5.97 Å². The van der Waals surface area contributed by atoms with Crippen LogP contribution >= 0.6 is 0 Å². The van der Waals surface area contributed by atoms with Crippen molar-refractivity contribution in [2.24, 2.45) is 0 Å². The van der Waals surface area contributed by atoms with Gasteiger partial charge in [-0.25, -0.2) is 0 Å². The maximum atomic E-state index is 11.5. The van der Waals surface area contributed by atoms with Crippen LogP contribution in [-0.4, -0.2) is 48.8 Å². The minimum atomic E-state index is -0.606. The number of unbranched alkanes of at least 4 members (excludes halogenated alkanes) is 2. The van der Waals surface area contributed by atoms with Gasteiger partial charge in [-0.15, -0.1) is 0 Å². The zero-order valence-electron chi connectivity index (χ0n) is 11.6. The van der Waals surface area contributed by atoms with E-state index in [0.29, 0.717) is 19.4 Å². The van der Waals surface area contributed by atoms with Gasteiger partial charge in [0.25, 0.3) is 0 Å². The lowest BCUT2D eigenvalue weighted by molar-refractivity contribution is -0.156. The zero-order chi connectivity index (χ0) is 13.3. The molecule has 0 spiro atoms. The van der Waals surface area contributed by atoms with Crippen LogP contribution in [0.3, 0.4) is 0 Å². The second-order valence-electron chi connectivity index (χ2n) is 4.72. The Morgan fingerprint density at radius 2 is 1.94 bits per heavy atom. The quantitative estimate of drug-likeness (QED) is 0.497. The Hall–Kier alpha value is -0.610. The Balaban J connectivity index is 3.98. The predicted molar refractivity (Wildman–Crippen MR) is 68.9 cm³/mol.